The number of amides is 1. The standard InChI is InChI=1S/C18H26N2O2/c1-7-12-8-15-14(11(2)3)9-13(10-16(15)19-12)20-17(21)22-18(4,5)6/h8-11,19H,7H2,1-6H3,(H,20,21). The Kier molecular flexibility index (Phi) is 4.50. The van der Waals surface area contributed by atoms with Gasteiger partial charge in [0.2, 0.25) is 0 Å². The minimum absolute atomic E-state index is 0.378. The lowest BCUT2D eigenvalue weighted by molar-refractivity contribution is 0.0636. The summed E-state index contributed by atoms with van der Waals surface area (Å²) in [6, 6.07) is 6.19. The van der Waals surface area contributed by atoms with Gasteiger partial charge in [0.05, 0.1) is 0 Å². The van der Waals surface area contributed by atoms with Crippen LogP contribution in [0.1, 0.15) is 58.7 Å². The first kappa shape index (κ1) is 16.4. The van der Waals surface area contributed by atoms with Crippen LogP contribution in [-0.2, 0) is 11.2 Å². The molecule has 0 atom stereocenters. The highest BCUT2D eigenvalue weighted by atomic mass is 16.6. The molecule has 120 valence electrons. The van der Waals surface area contributed by atoms with Crippen LogP contribution in [0.15, 0.2) is 18.2 Å². The maximum absolute atomic E-state index is 12.0. The molecular weight excluding hydrogens is 276 g/mol. The van der Waals surface area contributed by atoms with Gasteiger partial charge in [0.25, 0.3) is 0 Å². The van der Waals surface area contributed by atoms with Crippen molar-refractivity contribution in [3.63, 3.8) is 0 Å². The van der Waals surface area contributed by atoms with Crippen LogP contribution in [0.3, 0.4) is 0 Å². The second kappa shape index (κ2) is 6.03. The van der Waals surface area contributed by atoms with Gasteiger partial charge in [0.1, 0.15) is 5.60 Å². The van der Waals surface area contributed by atoms with Gasteiger partial charge in [-0.05, 0) is 56.9 Å². The molecule has 2 rings (SSSR count). The Labute approximate surface area is 132 Å². The maximum Gasteiger partial charge on any atom is 0.412 e. The summed E-state index contributed by atoms with van der Waals surface area (Å²) < 4.78 is 5.32. The number of anilines is 1. The number of aryl methyl sites for hydroxylation is 1. The van der Waals surface area contributed by atoms with Crippen molar-refractivity contribution in [2.24, 2.45) is 0 Å². The first-order chi connectivity index (χ1) is 10.2. The van der Waals surface area contributed by atoms with E-state index in [0.717, 1.165) is 17.6 Å². The maximum atomic E-state index is 12.0. The molecule has 1 aromatic heterocycles. The van der Waals surface area contributed by atoms with E-state index in [1.807, 2.05) is 32.9 Å². The topological polar surface area (TPSA) is 54.1 Å². The normalized spacial score (nSPS) is 12.0. The highest BCUT2D eigenvalue weighted by Crippen LogP contribution is 2.30. The number of rotatable bonds is 3. The monoisotopic (exact) mass is 302 g/mol. The SMILES string of the molecule is CCc1cc2c(C(C)C)cc(NC(=O)OC(C)(C)C)cc2[nH]1. The van der Waals surface area contributed by atoms with Crippen LogP contribution in [-0.4, -0.2) is 16.7 Å². The van der Waals surface area contributed by atoms with Crippen LogP contribution in [0, 0.1) is 0 Å². The highest BCUT2D eigenvalue weighted by molar-refractivity contribution is 5.92. The molecule has 22 heavy (non-hydrogen) atoms. The molecule has 1 heterocycles. The molecule has 0 fully saturated rings. The Hall–Kier alpha value is -1.97. The van der Waals surface area contributed by atoms with Gasteiger partial charge in [-0.15, -0.1) is 0 Å². The summed E-state index contributed by atoms with van der Waals surface area (Å²) in [4.78, 5) is 15.4. The number of H-pyrrole nitrogens is 1. The summed E-state index contributed by atoms with van der Waals surface area (Å²) in [5, 5.41) is 4.06. The molecule has 2 aromatic rings. The van der Waals surface area contributed by atoms with E-state index in [0.29, 0.717) is 5.92 Å². The van der Waals surface area contributed by atoms with Crippen LogP contribution < -0.4 is 5.32 Å². The van der Waals surface area contributed by atoms with E-state index >= 15 is 0 Å². The van der Waals surface area contributed by atoms with E-state index in [-0.39, 0.29) is 0 Å². The van der Waals surface area contributed by atoms with Crippen LogP contribution in [0.5, 0.6) is 0 Å². The molecule has 4 heteroatoms. The van der Waals surface area contributed by atoms with Crippen LogP contribution in [0.2, 0.25) is 0 Å². The zero-order valence-electron chi connectivity index (χ0n) is 14.3. The molecule has 0 spiro atoms. The Morgan fingerprint density at radius 1 is 1.27 bits per heavy atom. The lowest BCUT2D eigenvalue weighted by Crippen LogP contribution is -2.27. The lowest BCUT2D eigenvalue weighted by atomic mass is 9.98. The van der Waals surface area contributed by atoms with Gasteiger partial charge in [0.15, 0.2) is 0 Å². The van der Waals surface area contributed by atoms with Crippen LogP contribution >= 0.6 is 0 Å². The largest absolute Gasteiger partial charge is 0.444 e. The number of benzene rings is 1. The summed E-state index contributed by atoms with van der Waals surface area (Å²) in [5.74, 6) is 0.378. The molecule has 0 bridgehead atoms. The first-order valence-electron chi connectivity index (χ1n) is 7.85. The van der Waals surface area contributed by atoms with Gasteiger partial charge in [-0.1, -0.05) is 20.8 Å². The third kappa shape index (κ3) is 3.81. The fourth-order valence-corrected chi connectivity index (χ4v) is 2.49. The minimum atomic E-state index is -0.503. The Bertz CT molecular complexity index is 678. The summed E-state index contributed by atoms with van der Waals surface area (Å²) in [7, 11) is 0. The quantitative estimate of drug-likeness (QED) is 0.818. The number of aromatic amines is 1. The second-order valence-electron chi connectivity index (χ2n) is 6.96. The molecule has 2 N–H and O–H groups in total. The molecule has 0 saturated carbocycles. The smallest absolute Gasteiger partial charge is 0.412 e. The Morgan fingerprint density at radius 2 is 1.95 bits per heavy atom. The second-order valence-corrected chi connectivity index (χ2v) is 6.96. The van der Waals surface area contributed by atoms with Crippen molar-refractivity contribution in [3.8, 4) is 0 Å². The number of hydrogen-bond acceptors (Lipinski definition) is 2. The highest BCUT2D eigenvalue weighted by Gasteiger charge is 2.17. The summed E-state index contributed by atoms with van der Waals surface area (Å²) in [6.45, 7) is 12.0. The van der Waals surface area contributed by atoms with Crippen molar-refractivity contribution >= 4 is 22.7 Å². The number of carbonyl (C=O) groups excluding carboxylic acids is 1. The Balaban J connectivity index is 2.36. The van der Waals surface area contributed by atoms with Crippen molar-refractivity contribution < 1.29 is 9.53 Å². The number of fused-ring (bicyclic) bond motifs is 1. The molecule has 0 aliphatic heterocycles. The van der Waals surface area contributed by atoms with Gasteiger partial charge in [-0.25, -0.2) is 4.79 Å². The molecule has 0 aliphatic carbocycles. The van der Waals surface area contributed by atoms with Crippen LogP contribution in [0.4, 0.5) is 10.5 Å². The van der Waals surface area contributed by atoms with Crippen LogP contribution in [0.25, 0.3) is 10.9 Å². The molecule has 0 unspecified atom stereocenters. The third-order valence-corrected chi connectivity index (χ3v) is 3.47. The predicted molar refractivity (Wildman–Crippen MR) is 91.6 cm³/mol. The molecule has 1 amide bonds. The number of ether oxygens (including phenoxy) is 1. The fraction of sp³-hybridized carbons (Fsp3) is 0.500. The van der Waals surface area contributed by atoms with Crippen molar-refractivity contribution in [2.75, 3.05) is 5.32 Å². The van der Waals surface area contributed by atoms with E-state index < -0.39 is 11.7 Å². The Morgan fingerprint density at radius 3 is 2.50 bits per heavy atom. The summed E-state index contributed by atoms with van der Waals surface area (Å²) >= 11 is 0. The minimum Gasteiger partial charge on any atom is -0.444 e. The number of aromatic nitrogens is 1. The third-order valence-electron chi connectivity index (χ3n) is 3.47. The van der Waals surface area contributed by atoms with Crippen molar-refractivity contribution in [1.29, 1.82) is 0 Å². The number of carbonyl (C=O) groups is 1. The van der Waals surface area contributed by atoms with Gasteiger partial charge < -0.3 is 9.72 Å². The number of nitrogens with one attached hydrogen (secondary N) is 2. The molecule has 1 aromatic carbocycles. The zero-order chi connectivity index (χ0) is 16.5. The summed E-state index contributed by atoms with van der Waals surface area (Å²) in [5.41, 5.74) is 3.73. The van der Waals surface area contributed by atoms with Crippen molar-refractivity contribution in [3.05, 3.63) is 29.5 Å². The van der Waals surface area contributed by atoms with Crippen molar-refractivity contribution in [2.45, 2.75) is 59.5 Å². The van der Waals surface area contributed by atoms with E-state index in [9.17, 15) is 4.79 Å². The van der Waals surface area contributed by atoms with E-state index in [1.165, 1.54) is 16.6 Å². The van der Waals surface area contributed by atoms with Gasteiger partial charge in [0, 0.05) is 22.3 Å². The average molecular weight is 302 g/mol. The van der Waals surface area contributed by atoms with E-state index in [4.69, 9.17) is 4.74 Å². The first-order valence-corrected chi connectivity index (χ1v) is 7.85. The lowest BCUT2D eigenvalue weighted by Gasteiger charge is -2.20. The van der Waals surface area contributed by atoms with E-state index in [2.05, 4.69) is 37.1 Å². The molecule has 4 nitrogen and oxygen atoms in total. The summed E-state index contributed by atoms with van der Waals surface area (Å²) in [6.07, 6.45) is 0.532. The predicted octanol–water partition coefficient (Wildman–Crippen LogP) is 5.20. The fourth-order valence-electron chi connectivity index (χ4n) is 2.49. The van der Waals surface area contributed by atoms with Gasteiger partial charge in [-0.3, -0.25) is 5.32 Å². The molecule has 0 aliphatic rings. The zero-order valence-corrected chi connectivity index (χ0v) is 14.3. The van der Waals surface area contributed by atoms with Gasteiger partial charge in [-0.2, -0.15) is 0 Å². The van der Waals surface area contributed by atoms with Gasteiger partial charge >= 0.3 is 6.09 Å². The van der Waals surface area contributed by atoms with Crippen molar-refractivity contribution in [1.82, 2.24) is 4.98 Å². The molecule has 0 saturated heterocycles. The number of hydrogen-bond donors (Lipinski definition) is 2. The van der Waals surface area contributed by atoms with E-state index in [1.54, 1.807) is 0 Å². The molecular formula is C18H26N2O2. The molecule has 0 radical (unpaired) electrons. The average Bonchev–Trinajstić information content (AvgIpc) is 2.77.